The van der Waals surface area contributed by atoms with E-state index in [1.807, 2.05) is 54.0 Å². The predicted molar refractivity (Wildman–Crippen MR) is 147 cm³/mol. The van der Waals surface area contributed by atoms with E-state index in [2.05, 4.69) is 66.6 Å². The first-order valence-electron chi connectivity index (χ1n) is 11.6. The molecule has 0 saturated carbocycles. The molecule has 4 aromatic rings. The minimum atomic E-state index is -0.0515. The first kappa shape index (κ1) is 25.1. The summed E-state index contributed by atoms with van der Waals surface area (Å²) < 4.78 is 2.05. The standard InChI is InChI=1S/C28H30N4OS2/c1-19(2)24-12-8-9-21(4)27(24)29-26(33)18-35-28-31-30-25(32(28)22-10-6-5-7-11-22)17-34-23-15-13-20(3)14-16-23/h5-16,19H,17-18H2,1-4H3,(H,29,33). The highest BCUT2D eigenvalue weighted by atomic mass is 32.2. The van der Waals surface area contributed by atoms with E-state index in [1.54, 1.807) is 11.8 Å². The number of rotatable bonds is 9. The van der Waals surface area contributed by atoms with E-state index in [-0.39, 0.29) is 11.7 Å². The summed E-state index contributed by atoms with van der Waals surface area (Å²) in [6, 6.07) is 24.7. The lowest BCUT2D eigenvalue weighted by molar-refractivity contribution is -0.113. The van der Waals surface area contributed by atoms with Gasteiger partial charge in [0, 0.05) is 16.3 Å². The van der Waals surface area contributed by atoms with Gasteiger partial charge in [-0.2, -0.15) is 0 Å². The Bertz CT molecular complexity index is 1280. The van der Waals surface area contributed by atoms with E-state index < -0.39 is 0 Å². The summed E-state index contributed by atoms with van der Waals surface area (Å²) in [6.07, 6.45) is 0. The second-order valence-electron chi connectivity index (χ2n) is 8.70. The Morgan fingerprint density at radius 3 is 2.37 bits per heavy atom. The molecular formula is C28H30N4OS2. The number of hydrogen-bond donors (Lipinski definition) is 1. The van der Waals surface area contributed by atoms with E-state index in [0.717, 1.165) is 28.3 Å². The van der Waals surface area contributed by atoms with Crippen LogP contribution in [0.3, 0.4) is 0 Å². The van der Waals surface area contributed by atoms with Crippen LogP contribution in [0, 0.1) is 13.8 Å². The third kappa shape index (κ3) is 6.35. The van der Waals surface area contributed by atoms with E-state index in [0.29, 0.717) is 16.8 Å². The molecule has 0 saturated heterocycles. The first-order chi connectivity index (χ1) is 16.9. The van der Waals surface area contributed by atoms with Gasteiger partial charge >= 0.3 is 0 Å². The zero-order valence-electron chi connectivity index (χ0n) is 20.5. The van der Waals surface area contributed by atoms with Gasteiger partial charge < -0.3 is 5.32 Å². The molecule has 0 radical (unpaired) electrons. The number of benzene rings is 3. The normalized spacial score (nSPS) is 11.1. The molecule has 0 aliphatic rings. The summed E-state index contributed by atoms with van der Waals surface area (Å²) >= 11 is 3.13. The molecule has 0 aliphatic heterocycles. The van der Waals surface area contributed by atoms with Gasteiger partial charge in [-0.1, -0.05) is 79.7 Å². The van der Waals surface area contributed by atoms with Crippen LogP contribution in [-0.4, -0.2) is 26.4 Å². The first-order valence-corrected chi connectivity index (χ1v) is 13.6. The number of para-hydroxylation sites is 2. The lowest BCUT2D eigenvalue weighted by atomic mass is 9.98. The van der Waals surface area contributed by atoms with Crippen LogP contribution < -0.4 is 5.32 Å². The van der Waals surface area contributed by atoms with Gasteiger partial charge in [-0.15, -0.1) is 22.0 Å². The van der Waals surface area contributed by atoms with Crippen molar-refractivity contribution in [2.45, 2.75) is 49.4 Å². The molecule has 1 N–H and O–H groups in total. The second kappa shape index (κ2) is 11.6. The maximum atomic E-state index is 12.9. The summed E-state index contributed by atoms with van der Waals surface area (Å²) in [6.45, 7) is 8.39. The molecule has 0 unspecified atom stereocenters. The molecule has 0 spiro atoms. The van der Waals surface area contributed by atoms with Crippen LogP contribution in [0.4, 0.5) is 5.69 Å². The third-order valence-corrected chi connectivity index (χ3v) is 7.56. The van der Waals surface area contributed by atoms with Crippen molar-refractivity contribution in [3.63, 3.8) is 0 Å². The summed E-state index contributed by atoms with van der Waals surface area (Å²) in [5, 5.41) is 12.8. The van der Waals surface area contributed by atoms with Crippen molar-refractivity contribution < 1.29 is 4.79 Å². The average Bonchev–Trinajstić information content (AvgIpc) is 3.27. The molecule has 180 valence electrons. The van der Waals surface area contributed by atoms with Crippen molar-refractivity contribution in [2.24, 2.45) is 0 Å². The lowest BCUT2D eigenvalue weighted by Gasteiger charge is -2.16. The number of amides is 1. The highest BCUT2D eigenvalue weighted by Gasteiger charge is 2.17. The number of thioether (sulfide) groups is 2. The van der Waals surface area contributed by atoms with Crippen molar-refractivity contribution in [2.75, 3.05) is 11.1 Å². The number of carbonyl (C=O) groups excluding carboxylic acids is 1. The molecule has 1 amide bonds. The van der Waals surface area contributed by atoms with E-state index >= 15 is 0 Å². The highest BCUT2D eigenvalue weighted by Crippen LogP contribution is 2.29. The van der Waals surface area contributed by atoms with Gasteiger partial charge in [0.05, 0.1) is 11.5 Å². The van der Waals surface area contributed by atoms with E-state index in [4.69, 9.17) is 0 Å². The quantitative estimate of drug-likeness (QED) is 0.249. The number of aryl methyl sites for hydroxylation is 2. The van der Waals surface area contributed by atoms with Gasteiger partial charge in [0.1, 0.15) is 5.82 Å². The smallest absolute Gasteiger partial charge is 0.234 e. The number of nitrogens with zero attached hydrogens (tertiary/aromatic N) is 3. The van der Waals surface area contributed by atoms with Crippen molar-refractivity contribution >= 4 is 35.1 Å². The van der Waals surface area contributed by atoms with Crippen LogP contribution >= 0.6 is 23.5 Å². The molecule has 1 aromatic heterocycles. The fourth-order valence-electron chi connectivity index (χ4n) is 3.75. The molecule has 1 heterocycles. The number of carbonyl (C=O) groups is 1. The van der Waals surface area contributed by atoms with E-state index in [1.165, 1.54) is 22.2 Å². The Morgan fingerprint density at radius 2 is 1.66 bits per heavy atom. The Morgan fingerprint density at radius 1 is 0.914 bits per heavy atom. The van der Waals surface area contributed by atoms with Gasteiger partial charge in [-0.25, -0.2) is 0 Å². The van der Waals surface area contributed by atoms with Gasteiger partial charge in [0.2, 0.25) is 5.91 Å². The molecule has 4 rings (SSSR count). The van der Waals surface area contributed by atoms with Crippen LogP contribution in [0.25, 0.3) is 5.69 Å². The monoisotopic (exact) mass is 502 g/mol. The van der Waals surface area contributed by atoms with Crippen molar-refractivity contribution in [3.05, 3.63) is 95.3 Å². The molecule has 0 bridgehead atoms. The van der Waals surface area contributed by atoms with E-state index in [9.17, 15) is 4.79 Å². The third-order valence-electron chi connectivity index (χ3n) is 5.63. The summed E-state index contributed by atoms with van der Waals surface area (Å²) in [4.78, 5) is 14.1. The largest absolute Gasteiger partial charge is 0.325 e. The number of hydrogen-bond acceptors (Lipinski definition) is 5. The van der Waals surface area contributed by atoms with Crippen LogP contribution in [0.1, 0.15) is 42.3 Å². The molecule has 3 aromatic carbocycles. The molecule has 35 heavy (non-hydrogen) atoms. The van der Waals surface area contributed by atoms with Crippen LogP contribution in [0.2, 0.25) is 0 Å². The topological polar surface area (TPSA) is 59.8 Å². The molecule has 0 atom stereocenters. The Hall–Kier alpha value is -3.03. The Kier molecular flexibility index (Phi) is 8.31. The molecule has 0 fully saturated rings. The summed E-state index contributed by atoms with van der Waals surface area (Å²) in [5.74, 6) is 2.06. The summed E-state index contributed by atoms with van der Waals surface area (Å²) in [5.41, 5.74) is 5.35. The van der Waals surface area contributed by atoms with Crippen LogP contribution in [0.5, 0.6) is 0 Å². The molecule has 5 nitrogen and oxygen atoms in total. The summed E-state index contributed by atoms with van der Waals surface area (Å²) in [7, 11) is 0. The van der Waals surface area contributed by atoms with Gasteiger partial charge in [0.15, 0.2) is 5.16 Å². The zero-order valence-corrected chi connectivity index (χ0v) is 22.1. The van der Waals surface area contributed by atoms with Crippen molar-refractivity contribution in [1.82, 2.24) is 14.8 Å². The average molecular weight is 503 g/mol. The van der Waals surface area contributed by atoms with Gasteiger partial charge in [0.25, 0.3) is 0 Å². The molecule has 0 aliphatic carbocycles. The van der Waals surface area contributed by atoms with Crippen molar-refractivity contribution in [1.29, 1.82) is 0 Å². The maximum absolute atomic E-state index is 12.9. The minimum Gasteiger partial charge on any atom is -0.325 e. The fraction of sp³-hybridized carbons (Fsp3) is 0.250. The number of aromatic nitrogens is 3. The lowest BCUT2D eigenvalue weighted by Crippen LogP contribution is -2.17. The van der Waals surface area contributed by atoms with Crippen LogP contribution in [0.15, 0.2) is 82.8 Å². The molecular weight excluding hydrogens is 472 g/mol. The van der Waals surface area contributed by atoms with Crippen molar-refractivity contribution in [3.8, 4) is 5.69 Å². The van der Waals surface area contributed by atoms with Gasteiger partial charge in [-0.3, -0.25) is 9.36 Å². The maximum Gasteiger partial charge on any atom is 0.234 e. The number of nitrogens with one attached hydrogen (secondary N) is 1. The minimum absolute atomic E-state index is 0.0515. The van der Waals surface area contributed by atoms with Crippen LogP contribution in [-0.2, 0) is 10.5 Å². The fourth-order valence-corrected chi connectivity index (χ4v) is 5.34. The van der Waals surface area contributed by atoms with Gasteiger partial charge in [-0.05, 0) is 55.2 Å². The second-order valence-corrected chi connectivity index (χ2v) is 10.7. The zero-order chi connectivity index (χ0) is 24.8. The predicted octanol–water partition coefficient (Wildman–Crippen LogP) is 7.03. The molecule has 7 heteroatoms. The number of anilines is 1. The Labute approximate surface area is 215 Å². The SMILES string of the molecule is Cc1ccc(SCc2nnc(SCC(=O)Nc3c(C)cccc3C(C)C)n2-c2ccccc2)cc1. The Balaban J connectivity index is 1.51. The highest BCUT2D eigenvalue weighted by molar-refractivity contribution is 7.99.